The summed E-state index contributed by atoms with van der Waals surface area (Å²) in [4.78, 5) is 12.3. The van der Waals surface area contributed by atoms with E-state index in [2.05, 4.69) is 0 Å². The van der Waals surface area contributed by atoms with Gasteiger partial charge in [0.1, 0.15) is 6.10 Å². The van der Waals surface area contributed by atoms with E-state index in [1.165, 1.54) is 12.0 Å². The van der Waals surface area contributed by atoms with Gasteiger partial charge in [-0.15, -0.1) is 0 Å². The van der Waals surface area contributed by atoms with E-state index < -0.39 is 6.10 Å². The van der Waals surface area contributed by atoms with E-state index >= 15 is 0 Å². The third-order valence-electron chi connectivity index (χ3n) is 3.97. The Morgan fingerprint density at radius 3 is 2.80 bits per heavy atom. The Morgan fingerprint density at radius 2 is 2.15 bits per heavy atom. The summed E-state index contributed by atoms with van der Waals surface area (Å²) >= 11 is 0. The Bertz CT molecular complexity index is 461. The smallest absolute Gasteiger partial charge is 0.191 e. The van der Waals surface area contributed by atoms with E-state index in [4.69, 9.17) is 9.47 Å². The minimum Gasteiger partial charge on any atom is -0.376 e. The Hall–Kier alpha value is -1.19. The third-order valence-corrected chi connectivity index (χ3v) is 3.97. The highest BCUT2D eigenvalue weighted by atomic mass is 16.5. The second-order valence-corrected chi connectivity index (χ2v) is 5.63. The average Bonchev–Trinajstić information content (AvgIpc) is 2.48. The number of Topliss-reactive ketones (excluding diaryl/α,β-unsaturated/α-hetero) is 1. The summed E-state index contributed by atoms with van der Waals surface area (Å²) in [7, 11) is 0. The second-order valence-electron chi connectivity index (χ2n) is 5.63. The fourth-order valence-electron chi connectivity index (χ4n) is 2.40. The van der Waals surface area contributed by atoms with E-state index in [9.17, 15) is 4.79 Å². The van der Waals surface area contributed by atoms with Crippen molar-refractivity contribution in [3.8, 4) is 0 Å². The lowest BCUT2D eigenvalue weighted by Crippen LogP contribution is -2.29. The van der Waals surface area contributed by atoms with Gasteiger partial charge in [-0.3, -0.25) is 4.79 Å². The van der Waals surface area contributed by atoms with Crippen LogP contribution in [-0.2, 0) is 9.47 Å². The van der Waals surface area contributed by atoms with Crippen molar-refractivity contribution >= 4 is 5.78 Å². The lowest BCUT2D eigenvalue weighted by molar-refractivity contribution is -0.0526. The molecule has 2 rings (SSSR count). The standard InChI is InChI=1S/C17H24O3/c1-12-7-8-15(10-13(12)2)17(18)14(3)20-11-16-6-4-5-9-19-16/h7-8,10,14,16H,4-6,9,11H2,1-3H3. The highest BCUT2D eigenvalue weighted by molar-refractivity contribution is 5.99. The topological polar surface area (TPSA) is 35.5 Å². The summed E-state index contributed by atoms with van der Waals surface area (Å²) in [5, 5.41) is 0. The summed E-state index contributed by atoms with van der Waals surface area (Å²) in [5.74, 6) is 0.0453. The van der Waals surface area contributed by atoms with E-state index in [-0.39, 0.29) is 11.9 Å². The molecule has 1 aliphatic heterocycles. The maximum atomic E-state index is 12.3. The normalized spacial score (nSPS) is 20.6. The number of aryl methyl sites for hydroxylation is 2. The molecule has 1 aromatic rings. The summed E-state index contributed by atoms with van der Waals surface area (Å²) in [6.45, 7) is 7.21. The summed E-state index contributed by atoms with van der Waals surface area (Å²) in [5.41, 5.74) is 3.06. The highest BCUT2D eigenvalue weighted by Gasteiger charge is 2.20. The zero-order valence-electron chi connectivity index (χ0n) is 12.6. The zero-order chi connectivity index (χ0) is 14.5. The number of carbonyl (C=O) groups excluding carboxylic acids is 1. The van der Waals surface area contributed by atoms with E-state index in [1.54, 1.807) is 0 Å². The molecule has 2 atom stereocenters. The van der Waals surface area contributed by atoms with Crippen molar-refractivity contribution in [1.82, 2.24) is 0 Å². The minimum absolute atomic E-state index is 0.0453. The van der Waals surface area contributed by atoms with Gasteiger partial charge in [-0.05, 0) is 57.2 Å². The van der Waals surface area contributed by atoms with Crippen LogP contribution in [0.2, 0.25) is 0 Å². The predicted octanol–water partition coefficient (Wildman–Crippen LogP) is 3.46. The van der Waals surface area contributed by atoms with E-state index in [0.29, 0.717) is 6.61 Å². The molecule has 3 nitrogen and oxygen atoms in total. The third kappa shape index (κ3) is 3.90. The monoisotopic (exact) mass is 276 g/mol. The Labute approximate surface area is 121 Å². The van der Waals surface area contributed by atoms with Crippen LogP contribution >= 0.6 is 0 Å². The van der Waals surface area contributed by atoms with Crippen molar-refractivity contribution in [3.63, 3.8) is 0 Å². The van der Waals surface area contributed by atoms with Crippen molar-refractivity contribution in [3.05, 3.63) is 34.9 Å². The van der Waals surface area contributed by atoms with Crippen LogP contribution in [-0.4, -0.2) is 31.2 Å². The van der Waals surface area contributed by atoms with Crippen LogP contribution in [0.5, 0.6) is 0 Å². The SMILES string of the molecule is Cc1ccc(C(=O)C(C)OCC2CCCCO2)cc1C. The maximum Gasteiger partial charge on any atom is 0.191 e. The molecular formula is C17H24O3. The first kappa shape index (κ1) is 15.2. The second kappa shape index (κ2) is 7.00. The van der Waals surface area contributed by atoms with Gasteiger partial charge in [-0.2, -0.15) is 0 Å². The van der Waals surface area contributed by atoms with Gasteiger partial charge in [0, 0.05) is 12.2 Å². The van der Waals surface area contributed by atoms with Crippen molar-refractivity contribution in [2.75, 3.05) is 13.2 Å². The van der Waals surface area contributed by atoms with Gasteiger partial charge in [-0.25, -0.2) is 0 Å². The molecule has 1 saturated heterocycles. The summed E-state index contributed by atoms with van der Waals surface area (Å²) in [6, 6.07) is 5.80. The van der Waals surface area contributed by atoms with Crippen LogP contribution in [0.1, 0.15) is 47.7 Å². The molecule has 2 unspecified atom stereocenters. The minimum atomic E-state index is -0.414. The zero-order valence-corrected chi connectivity index (χ0v) is 12.6. The number of ketones is 1. The van der Waals surface area contributed by atoms with Crippen LogP contribution in [0.4, 0.5) is 0 Å². The fraction of sp³-hybridized carbons (Fsp3) is 0.588. The average molecular weight is 276 g/mol. The van der Waals surface area contributed by atoms with Gasteiger partial charge in [0.05, 0.1) is 12.7 Å². The van der Waals surface area contributed by atoms with Gasteiger partial charge in [-0.1, -0.05) is 12.1 Å². The molecule has 0 spiro atoms. The number of rotatable bonds is 5. The van der Waals surface area contributed by atoms with Crippen molar-refractivity contribution in [2.45, 2.75) is 52.2 Å². The molecular weight excluding hydrogens is 252 g/mol. The fourth-order valence-corrected chi connectivity index (χ4v) is 2.40. The number of hydrogen-bond acceptors (Lipinski definition) is 3. The molecule has 1 aromatic carbocycles. The largest absolute Gasteiger partial charge is 0.376 e. The molecule has 0 N–H and O–H groups in total. The van der Waals surface area contributed by atoms with Crippen LogP contribution in [0.3, 0.4) is 0 Å². The van der Waals surface area contributed by atoms with Crippen LogP contribution in [0.15, 0.2) is 18.2 Å². The molecule has 0 saturated carbocycles. The molecule has 3 heteroatoms. The number of ether oxygens (including phenoxy) is 2. The maximum absolute atomic E-state index is 12.3. The molecule has 1 fully saturated rings. The van der Waals surface area contributed by atoms with Crippen molar-refractivity contribution in [1.29, 1.82) is 0 Å². The number of carbonyl (C=O) groups is 1. The Kier molecular flexibility index (Phi) is 5.32. The van der Waals surface area contributed by atoms with Crippen molar-refractivity contribution < 1.29 is 14.3 Å². The van der Waals surface area contributed by atoms with Gasteiger partial charge in [0.2, 0.25) is 0 Å². The molecule has 1 aliphatic rings. The lowest BCUT2D eigenvalue weighted by atomic mass is 10.0. The summed E-state index contributed by atoms with van der Waals surface area (Å²) < 4.78 is 11.3. The molecule has 0 aliphatic carbocycles. The predicted molar refractivity (Wildman–Crippen MR) is 79.3 cm³/mol. The summed E-state index contributed by atoms with van der Waals surface area (Å²) in [6.07, 6.45) is 3.09. The lowest BCUT2D eigenvalue weighted by Gasteiger charge is -2.23. The first-order chi connectivity index (χ1) is 9.58. The highest BCUT2D eigenvalue weighted by Crippen LogP contribution is 2.16. The van der Waals surface area contributed by atoms with E-state index in [0.717, 1.165) is 30.6 Å². The van der Waals surface area contributed by atoms with Gasteiger partial charge < -0.3 is 9.47 Å². The Morgan fingerprint density at radius 1 is 1.35 bits per heavy atom. The van der Waals surface area contributed by atoms with Crippen LogP contribution < -0.4 is 0 Å². The Balaban J connectivity index is 1.89. The molecule has 0 bridgehead atoms. The molecule has 20 heavy (non-hydrogen) atoms. The first-order valence-electron chi connectivity index (χ1n) is 7.42. The van der Waals surface area contributed by atoms with Crippen LogP contribution in [0.25, 0.3) is 0 Å². The molecule has 0 aromatic heterocycles. The molecule has 0 radical (unpaired) electrons. The van der Waals surface area contributed by atoms with Gasteiger partial charge in [0.25, 0.3) is 0 Å². The quantitative estimate of drug-likeness (QED) is 0.773. The number of hydrogen-bond donors (Lipinski definition) is 0. The van der Waals surface area contributed by atoms with E-state index in [1.807, 2.05) is 39.0 Å². The molecule has 0 amide bonds. The number of benzene rings is 1. The first-order valence-corrected chi connectivity index (χ1v) is 7.42. The molecule has 1 heterocycles. The van der Waals surface area contributed by atoms with Crippen LogP contribution in [0, 0.1) is 13.8 Å². The van der Waals surface area contributed by atoms with Gasteiger partial charge in [0.15, 0.2) is 5.78 Å². The van der Waals surface area contributed by atoms with Gasteiger partial charge >= 0.3 is 0 Å². The van der Waals surface area contributed by atoms with Crippen molar-refractivity contribution in [2.24, 2.45) is 0 Å². The molecule has 110 valence electrons.